The number of nitriles is 1. The SMILES string of the molecule is CN1CCC(C#N)(NS(=O)(=O)c2cn(C)cn2)CC1. The van der Waals surface area contributed by atoms with Crippen LogP contribution in [0.15, 0.2) is 17.6 Å². The van der Waals surface area contributed by atoms with Gasteiger partial charge in [0.2, 0.25) is 0 Å². The number of rotatable bonds is 3. The Labute approximate surface area is 112 Å². The highest BCUT2D eigenvalue weighted by atomic mass is 32.2. The molecule has 8 heteroatoms. The Bertz CT molecular complexity index is 593. The van der Waals surface area contributed by atoms with Crippen molar-refractivity contribution in [1.82, 2.24) is 19.2 Å². The van der Waals surface area contributed by atoms with Crippen LogP contribution in [0, 0.1) is 11.3 Å². The van der Waals surface area contributed by atoms with Crippen molar-refractivity contribution >= 4 is 10.0 Å². The van der Waals surface area contributed by atoms with Gasteiger partial charge in [0.05, 0.1) is 12.4 Å². The van der Waals surface area contributed by atoms with E-state index in [-0.39, 0.29) is 5.03 Å². The van der Waals surface area contributed by atoms with Gasteiger partial charge in [0.1, 0.15) is 5.54 Å². The van der Waals surface area contributed by atoms with E-state index in [9.17, 15) is 13.7 Å². The molecule has 0 bridgehead atoms. The van der Waals surface area contributed by atoms with Gasteiger partial charge in [-0.25, -0.2) is 13.4 Å². The zero-order valence-electron chi connectivity index (χ0n) is 11.0. The minimum atomic E-state index is -3.75. The zero-order chi connectivity index (χ0) is 14.1. The molecular formula is C11H17N5O2S. The van der Waals surface area contributed by atoms with Crippen molar-refractivity contribution in [3.8, 4) is 6.07 Å². The zero-order valence-corrected chi connectivity index (χ0v) is 11.8. The first-order valence-electron chi connectivity index (χ1n) is 5.99. The summed E-state index contributed by atoms with van der Waals surface area (Å²) in [5.41, 5.74) is -1.02. The largest absolute Gasteiger partial charge is 0.339 e. The Hall–Kier alpha value is -1.43. The maximum Gasteiger partial charge on any atom is 0.260 e. The molecule has 0 saturated carbocycles. The number of aryl methyl sites for hydroxylation is 1. The number of nitrogens with zero attached hydrogens (tertiary/aromatic N) is 4. The summed E-state index contributed by atoms with van der Waals surface area (Å²) >= 11 is 0. The summed E-state index contributed by atoms with van der Waals surface area (Å²) in [7, 11) is -0.101. The summed E-state index contributed by atoms with van der Waals surface area (Å²) in [6.45, 7) is 1.39. The summed E-state index contributed by atoms with van der Waals surface area (Å²) in [4.78, 5) is 5.90. The molecule has 0 aromatic carbocycles. The van der Waals surface area contributed by atoms with E-state index < -0.39 is 15.6 Å². The molecule has 1 fully saturated rings. The molecule has 0 atom stereocenters. The molecule has 7 nitrogen and oxygen atoms in total. The van der Waals surface area contributed by atoms with Gasteiger partial charge in [-0.15, -0.1) is 0 Å². The van der Waals surface area contributed by atoms with E-state index in [0.29, 0.717) is 25.9 Å². The van der Waals surface area contributed by atoms with E-state index in [1.807, 2.05) is 7.05 Å². The molecule has 0 aliphatic carbocycles. The van der Waals surface area contributed by atoms with Gasteiger partial charge in [0.15, 0.2) is 5.03 Å². The number of aromatic nitrogens is 2. The topological polar surface area (TPSA) is 91.0 Å². The molecule has 1 aromatic rings. The molecule has 2 rings (SSSR count). The van der Waals surface area contributed by atoms with Gasteiger partial charge in [-0.1, -0.05) is 0 Å². The van der Waals surface area contributed by atoms with Gasteiger partial charge in [-0.2, -0.15) is 9.98 Å². The maximum absolute atomic E-state index is 12.2. The first kappa shape index (κ1) is 14.0. The standard InChI is InChI=1S/C11H17N5O2S/c1-15-5-3-11(8-12,4-6-15)14-19(17,18)10-7-16(2)9-13-10/h7,9,14H,3-6H2,1-2H3. The summed E-state index contributed by atoms with van der Waals surface area (Å²) < 4.78 is 28.5. The van der Waals surface area contributed by atoms with Gasteiger partial charge in [-0.05, 0) is 19.9 Å². The summed E-state index contributed by atoms with van der Waals surface area (Å²) in [6.07, 6.45) is 3.79. The van der Waals surface area contributed by atoms with Crippen molar-refractivity contribution < 1.29 is 8.42 Å². The normalized spacial score (nSPS) is 20.1. The van der Waals surface area contributed by atoms with Crippen LogP contribution in [0.2, 0.25) is 0 Å². The molecule has 1 aliphatic rings. The summed E-state index contributed by atoms with van der Waals surface area (Å²) in [6, 6.07) is 2.12. The second kappa shape index (κ2) is 4.92. The summed E-state index contributed by atoms with van der Waals surface area (Å²) in [5, 5.41) is 9.27. The minimum Gasteiger partial charge on any atom is -0.339 e. The van der Waals surface area contributed by atoms with Crippen molar-refractivity contribution in [3.05, 3.63) is 12.5 Å². The molecule has 0 spiro atoms. The number of nitrogens with one attached hydrogen (secondary N) is 1. The monoisotopic (exact) mass is 283 g/mol. The fourth-order valence-corrected chi connectivity index (χ4v) is 3.43. The average molecular weight is 283 g/mol. The molecule has 0 unspecified atom stereocenters. The molecule has 1 saturated heterocycles. The number of likely N-dealkylation sites (tertiary alicyclic amines) is 1. The van der Waals surface area contributed by atoms with E-state index in [1.54, 1.807) is 11.6 Å². The molecule has 0 amide bonds. The second-order valence-electron chi connectivity index (χ2n) is 4.98. The Morgan fingerprint density at radius 1 is 1.42 bits per heavy atom. The van der Waals surface area contributed by atoms with Crippen molar-refractivity contribution in [1.29, 1.82) is 5.26 Å². The highest BCUT2D eigenvalue weighted by Gasteiger charge is 2.38. The lowest BCUT2D eigenvalue weighted by Crippen LogP contribution is -2.53. The van der Waals surface area contributed by atoms with E-state index in [0.717, 1.165) is 0 Å². The lowest BCUT2D eigenvalue weighted by molar-refractivity contribution is 0.213. The quantitative estimate of drug-likeness (QED) is 0.821. The van der Waals surface area contributed by atoms with E-state index >= 15 is 0 Å². The Kier molecular flexibility index (Phi) is 3.62. The second-order valence-corrected chi connectivity index (χ2v) is 6.61. The van der Waals surface area contributed by atoms with Crippen molar-refractivity contribution in [2.24, 2.45) is 7.05 Å². The molecule has 19 heavy (non-hydrogen) atoms. The third-order valence-electron chi connectivity index (χ3n) is 3.34. The smallest absolute Gasteiger partial charge is 0.260 e. The lowest BCUT2D eigenvalue weighted by Gasteiger charge is -2.35. The van der Waals surface area contributed by atoms with E-state index in [1.165, 1.54) is 12.5 Å². The fourth-order valence-electron chi connectivity index (χ4n) is 2.07. The van der Waals surface area contributed by atoms with Crippen LogP contribution in [0.25, 0.3) is 0 Å². The van der Waals surface area contributed by atoms with Crippen molar-refractivity contribution in [2.45, 2.75) is 23.4 Å². The van der Waals surface area contributed by atoms with Crippen molar-refractivity contribution in [3.63, 3.8) is 0 Å². The van der Waals surface area contributed by atoms with Crippen LogP contribution in [-0.2, 0) is 17.1 Å². The molecular weight excluding hydrogens is 266 g/mol. The molecule has 2 heterocycles. The summed E-state index contributed by atoms with van der Waals surface area (Å²) in [5.74, 6) is 0. The molecule has 104 valence electrons. The average Bonchev–Trinajstić information content (AvgIpc) is 2.80. The van der Waals surface area contributed by atoms with Gasteiger partial charge in [-0.3, -0.25) is 0 Å². The third kappa shape index (κ3) is 2.94. The molecule has 1 aromatic heterocycles. The number of hydrogen-bond acceptors (Lipinski definition) is 5. The van der Waals surface area contributed by atoms with Gasteiger partial charge in [0.25, 0.3) is 10.0 Å². The Morgan fingerprint density at radius 3 is 2.53 bits per heavy atom. The van der Waals surface area contributed by atoms with Gasteiger partial charge >= 0.3 is 0 Å². The first-order valence-corrected chi connectivity index (χ1v) is 7.47. The number of piperidine rings is 1. The fraction of sp³-hybridized carbons (Fsp3) is 0.636. The molecule has 0 radical (unpaired) electrons. The van der Waals surface area contributed by atoms with Crippen LogP contribution in [0.4, 0.5) is 0 Å². The predicted molar refractivity (Wildman–Crippen MR) is 68.6 cm³/mol. The van der Waals surface area contributed by atoms with Crippen LogP contribution in [0.5, 0.6) is 0 Å². The van der Waals surface area contributed by atoms with Crippen molar-refractivity contribution in [2.75, 3.05) is 20.1 Å². The molecule has 1 aliphatic heterocycles. The Balaban J connectivity index is 2.21. The Morgan fingerprint density at radius 2 is 2.05 bits per heavy atom. The van der Waals surface area contributed by atoms with Crippen LogP contribution in [-0.4, -0.2) is 48.5 Å². The van der Waals surface area contributed by atoms with Crippen LogP contribution >= 0.6 is 0 Å². The number of sulfonamides is 1. The number of hydrogen-bond donors (Lipinski definition) is 1. The van der Waals surface area contributed by atoms with Crippen LogP contribution in [0.3, 0.4) is 0 Å². The highest BCUT2D eigenvalue weighted by molar-refractivity contribution is 7.89. The van der Waals surface area contributed by atoms with E-state index in [2.05, 4.69) is 20.7 Å². The lowest BCUT2D eigenvalue weighted by atomic mass is 9.91. The third-order valence-corrected chi connectivity index (χ3v) is 4.76. The number of imidazole rings is 1. The van der Waals surface area contributed by atoms with Crippen LogP contribution in [0.1, 0.15) is 12.8 Å². The van der Waals surface area contributed by atoms with E-state index in [4.69, 9.17) is 0 Å². The minimum absolute atomic E-state index is 0.0523. The highest BCUT2D eigenvalue weighted by Crippen LogP contribution is 2.23. The molecule has 1 N–H and O–H groups in total. The maximum atomic E-state index is 12.2. The van der Waals surface area contributed by atoms with Gasteiger partial charge in [0, 0.05) is 26.3 Å². The van der Waals surface area contributed by atoms with Gasteiger partial charge < -0.3 is 9.47 Å². The predicted octanol–water partition coefficient (Wildman–Crippen LogP) is -0.314. The first-order chi connectivity index (χ1) is 8.87. The van der Waals surface area contributed by atoms with Crippen LogP contribution < -0.4 is 4.72 Å².